The minimum absolute atomic E-state index is 0.136. The molecule has 0 heterocycles. The molecule has 1 atom stereocenters. The zero-order valence-electron chi connectivity index (χ0n) is 8.44. The highest BCUT2D eigenvalue weighted by Gasteiger charge is 2.12. The van der Waals surface area contributed by atoms with Crippen LogP contribution in [0.3, 0.4) is 0 Å². The molecule has 0 radical (unpaired) electrons. The second kappa shape index (κ2) is 5.75. The van der Waals surface area contributed by atoms with E-state index in [2.05, 4.69) is 15.9 Å². The van der Waals surface area contributed by atoms with Crippen LogP contribution in [0.15, 0.2) is 24.3 Å². The summed E-state index contributed by atoms with van der Waals surface area (Å²) in [5.41, 5.74) is 0.193. The summed E-state index contributed by atoms with van der Waals surface area (Å²) in [4.78, 5) is 10.9. The van der Waals surface area contributed by atoms with E-state index in [1.54, 1.807) is 18.2 Å². The van der Waals surface area contributed by atoms with Crippen molar-refractivity contribution in [3.05, 3.63) is 29.8 Å². The Morgan fingerprint density at radius 3 is 2.80 bits per heavy atom. The molecule has 0 saturated heterocycles. The van der Waals surface area contributed by atoms with Crippen molar-refractivity contribution in [1.29, 1.82) is 0 Å². The molecular formula is C11H13BrO3. The molecule has 1 N–H and O–H groups in total. The fourth-order valence-electron chi connectivity index (χ4n) is 1.17. The molecule has 4 heteroatoms. The van der Waals surface area contributed by atoms with Crippen molar-refractivity contribution in [2.75, 3.05) is 0 Å². The van der Waals surface area contributed by atoms with E-state index in [4.69, 9.17) is 9.84 Å². The Balaban J connectivity index is 2.79. The van der Waals surface area contributed by atoms with Crippen LogP contribution in [-0.2, 0) is 0 Å². The van der Waals surface area contributed by atoms with E-state index in [1.165, 1.54) is 6.07 Å². The average Bonchev–Trinajstić information content (AvgIpc) is 2.18. The van der Waals surface area contributed by atoms with Gasteiger partial charge < -0.3 is 9.84 Å². The number of hydrogen-bond donors (Lipinski definition) is 1. The summed E-state index contributed by atoms with van der Waals surface area (Å²) in [7, 11) is 0. The van der Waals surface area contributed by atoms with Crippen LogP contribution in [-0.4, -0.2) is 16.1 Å². The number of carbonyl (C=O) groups is 1. The van der Waals surface area contributed by atoms with Crippen molar-refractivity contribution in [1.82, 2.24) is 0 Å². The molecule has 0 saturated carbocycles. The van der Waals surface area contributed by atoms with E-state index < -0.39 is 5.97 Å². The fourth-order valence-corrected chi connectivity index (χ4v) is 1.83. The molecule has 15 heavy (non-hydrogen) atoms. The molecule has 1 aromatic carbocycles. The van der Waals surface area contributed by atoms with Gasteiger partial charge in [0.15, 0.2) is 5.01 Å². The molecule has 0 fully saturated rings. The molecule has 1 aromatic rings. The molecule has 82 valence electrons. The van der Waals surface area contributed by atoms with Crippen molar-refractivity contribution in [2.24, 2.45) is 0 Å². The third kappa shape index (κ3) is 3.55. The highest BCUT2D eigenvalue weighted by molar-refractivity contribution is 9.09. The number of carboxylic acids is 1. The van der Waals surface area contributed by atoms with E-state index >= 15 is 0 Å². The maximum atomic E-state index is 10.9. The number of benzene rings is 1. The quantitative estimate of drug-likeness (QED) is 0.837. The second-order valence-electron chi connectivity index (χ2n) is 3.12. The number of alkyl halides is 1. The first-order valence-electron chi connectivity index (χ1n) is 4.78. The van der Waals surface area contributed by atoms with Crippen LogP contribution in [0.4, 0.5) is 0 Å². The molecule has 0 aromatic heterocycles. The number of rotatable bonds is 5. The van der Waals surface area contributed by atoms with Crippen LogP contribution >= 0.6 is 15.9 Å². The minimum Gasteiger partial charge on any atom is -0.478 e. The van der Waals surface area contributed by atoms with Crippen LogP contribution in [0.25, 0.3) is 0 Å². The monoisotopic (exact) mass is 272 g/mol. The summed E-state index contributed by atoms with van der Waals surface area (Å²) in [6.45, 7) is 2.04. The van der Waals surface area contributed by atoms with Crippen LogP contribution in [0.1, 0.15) is 30.1 Å². The van der Waals surface area contributed by atoms with Gasteiger partial charge in [-0.25, -0.2) is 4.79 Å². The van der Waals surface area contributed by atoms with Gasteiger partial charge in [-0.05, 0) is 34.5 Å². The lowest BCUT2D eigenvalue weighted by atomic mass is 10.2. The van der Waals surface area contributed by atoms with Crippen LogP contribution < -0.4 is 4.74 Å². The summed E-state index contributed by atoms with van der Waals surface area (Å²) in [5, 5.41) is 8.78. The zero-order valence-corrected chi connectivity index (χ0v) is 10.0. The smallest absolute Gasteiger partial charge is 0.339 e. The molecule has 0 spiro atoms. The molecule has 0 aliphatic heterocycles. The van der Waals surface area contributed by atoms with Gasteiger partial charge in [0.25, 0.3) is 0 Å². The Labute approximate surface area is 97.2 Å². The number of aromatic carboxylic acids is 1. The van der Waals surface area contributed by atoms with Crippen LogP contribution in [0.5, 0.6) is 5.75 Å². The van der Waals surface area contributed by atoms with E-state index in [0.29, 0.717) is 5.75 Å². The molecular weight excluding hydrogens is 260 g/mol. The highest BCUT2D eigenvalue weighted by Crippen LogP contribution is 2.22. The van der Waals surface area contributed by atoms with Gasteiger partial charge in [-0.3, -0.25) is 0 Å². The number of para-hydroxylation sites is 1. The van der Waals surface area contributed by atoms with Crippen molar-refractivity contribution < 1.29 is 14.6 Å². The molecule has 1 rings (SSSR count). The lowest BCUT2D eigenvalue weighted by Gasteiger charge is -2.13. The summed E-state index contributed by atoms with van der Waals surface area (Å²) < 4.78 is 5.48. The summed E-state index contributed by atoms with van der Waals surface area (Å²) >= 11 is 3.34. The maximum absolute atomic E-state index is 10.9. The summed E-state index contributed by atoms with van der Waals surface area (Å²) in [6.07, 6.45) is 1.82. The van der Waals surface area contributed by atoms with Crippen molar-refractivity contribution >= 4 is 21.9 Å². The Morgan fingerprint density at radius 2 is 2.20 bits per heavy atom. The first-order valence-corrected chi connectivity index (χ1v) is 5.69. The topological polar surface area (TPSA) is 46.5 Å². The second-order valence-corrected chi connectivity index (χ2v) is 4.14. The van der Waals surface area contributed by atoms with E-state index in [1.807, 2.05) is 6.92 Å². The first kappa shape index (κ1) is 12.0. The maximum Gasteiger partial charge on any atom is 0.339 e. The lowest BCUT2D eigenvalue weighted by Crippen LogP contribution is -2.10. The third-order valence-corrected chi connectivity index (χ3v) is 2.53. The minimum atomic E-state index is -0.971. The van der Waals surface area contributed by atoms with Crippen LogP contribution in [0.2, 0.25) is 0 Å². The molecule has 3 nitrogen and oxygen atoms in total. The Hall–Kier alpha value is -1.03. The number of halogens is 1. The Morgan fingerprint density at radius 1 is 1.53 bits per heavy atom. The van der Waals surface area contributed by atoms with Gasteiger partial charge in [0.05, 0.1) is 0 Å². The zero-order chi connectivity index (χ0) is 11.3. The van der Waals surface area contributed by atoms with Crippen molar-refractivity contribution in [2.45, 2.75) is 24.8 Å². The molecule has 1 unspecified atom stereocenters. The van der Waals surface area contributed by atoms with Crippen molar-refractivity contribution in [3.63, 3.8) is 0 Å². The number of ether oxygens (including phenoxy) is 1. The highest BCUT2D eigenvalue weighted by atomic mass is 79.9. The fraction of sp³-hybridized carbons (Fsp3) is 0.364. The first-order chi connectivity index (χ1) is 7.15. The predicted octanol–water partition coefficient (Wildman–Crippen LogP) is 3.28. The normalized spacial score (nSPS) is 12.1. The average molecular weight is 273 g/mol. The van der Waals surface area contributed by atoms with Crippen molar-refractivity contribution in [3.8, 4) is 5.75 Å². The van der Waals surface area contributed by atoms with Gasteiger partial charge in [-0.2, -0.15) is 0 Å². The van der Waals surface area contributed by atoms with E-state index in [-0.39, 0.29) is 10.6 Å². The Bertz CT molecular complexity index is 338. The lowest BCUT2D eigenvalue weighted by molar-refractivity contribution is 0.0691. The van der Waals surface area contributed by atoms with Gasteiger partial charge in [0.1, 0.15) is 11.3 Å². The SMILES string of the molecule is CCCC(Br)Oc1ccccc1C(=O)O. The van der Waals surface area contributed by atoms with Gasteiger partial charge in [-0.1, -0.05) is 25.5 Å². The molecule has 0 aliphatic carbocycles. The van der Waals surface area contributed by atoms with Gasteiger partial charge >= 0.3 is 5.97 Å². The van der Waals surface area contributed by atoms with Crippen LogP contribution in [0, 0.1) is 0 Å². The van der Waals surface area contributed by atoms with E-state index in [0.717, 1.165) is 12.8 Å². The van der Waals surface area contributed by atoms with E-state index in [9.17, 15) is 4.79 Å². The van der Waals surface area contributed by atoms with Gasteiger partial charge in [0.2, 0.25) is 0 Å². The standard InChI is InChI=1S/C11H13BrO3/c1-2-5-10(12)15-9-7-4-3-6-8(9)11(13)14/h3-4,6-7,10H,2,5H2,1H3,(H,13,14). The molecule has 0 aliphatic rings. The molecule has 0 bridgehead atoms. The molecule has 0 amide bonds. The largest absolute Gasteiger partial charge is 0.478 e. The Kier molecular flexibility index (Phi) is 4.62. The number of carboxylic acid groups (broad SMARTS) is 1. The third-order valence-electron chi connectivity index (χ3n) is 1.89. The predicted molar refractivity (Wildman–Crippen MR) is 61.7 cm³/mol. The summed E-state index contributed by atoms with van der Waals surface area (Å²) in [6, 6.07) is 6.63. The summed E-state index contributed by atoms with van der Waals surface area (Å²) in [5.74, 6) is -0.567. The van der Waals surface area contributed by atoms with Gasteiger partial charge in [0, 0.05) is 0 Å². The van der Waals surface area contributed by atoms with Gasteiger partial charge in [-0.15, -0.1) is 0 Å². The number of hydrogen-bond acceptors (Lipinski definition) is 2.